The zero-order valence-corrected chi connectivity index (χ0v) is 10.4. The smallest absolute Gasteiger partial charge is 0.196 e. The van der Waals surface area contributed by atoms with Crippen LogP contribution in [0.3, 0.4) is 0 Å². The van der Waals surface area contributed by atoms with E-state index in [-0.39, 0.29) is 10.7 Å². The number of para-hydroxylation sites is 1. The van der Waals surface area contributed by atoms with Gasteiger partial charge in [-0.05, 0) is 24.3 Å². The van der Waals surface area contributed by atoms with E-state index in [4.69, 9.17) is 18.0 Å². The molecule has 0 amide bonds. The van der Waals surface area contributed by atoms with Crippen LogP contribution in [0.5, 0.6) is 0 Å². The second-order valence-corrected chi connectivity index (χ2v) is 4.20. The average molecular weight is 282 g/mol. The van der Waals surface area contributed by atoms with Crippen molar-refractivity contribution in [3.63, 3.8) is 0 Å². The molecule has 0 saturated heterocycles. The summed E-state index contributed by atoms with van der Waals surface area (Å²) in [6, 6.07) is 8.58. The Morgan fingerprint density at radius 2 is 1.63 bits per heavy atom. The molecule has 2 aromatic rings. The van der Waals surface area contributed by atoms with Gasteiger partial charge in [0.25, 0.3) is 0 Å². The van der Waals surface area contributed by atoms with Crippen LogP contribution in [0.2, 0.25) is 0 Å². The van der Waals surface area contributed by atoms with Crippen molar-refractivity contribution in [1.29, 1.82) is 0 Å². The molecule has 2 nitrogen and oxygen atoms in total. The predicted molar refractivity (Wildman–Crippen MR) is 71.9 cm³/mol. The van der Waals surface area contributed by atoms with Crippen LogP contribution in [-0.4, -0.2) is 4.99 Å². The molecule has 0 saturated carbocycles. The minimum absolute atomic E-state index is 0.117. The highest BCUT2D eigenvalue weighted by atomic mass is 32.1. The number of benzene rings is 2. The van der Waals surface area contributed by atoms with Gasteiger partial charge in [0, 0.05) is 11.3 Å². The van der Waals surface area contributed by atoms with E-state index in [1.54, 1.807) is 24.3 Å². The van der Waals surface area contributed by atoms with E-state index in [1.807, 2.05) is 0 Å². The first-order valence-electron chi connectivity index (χ1n) is 5.30. The van der Waals surface area contributed by atoms with Crippen LogP contribution in [0.4, 0.5) is 24.5 Å². The minimum Gasteiger partial charge on any atom is -0.389 e. The molecule has 3 N–H and O–H groups in total. The third kappa shape index (κ3) is 2.68. The van der Waals surface area contributed by atoms with Gasteiger partial charge in [-0.3, -0.25) is 0 Å². The molecule has 0 spiro atoms. The molecule has 0 radical (unpaired) electrons. The van der Waals surface area contributed by atoms with Gasteiger partial charge in [-0.15, -0.1) is 0 Å². The molecular formula is C13H9F3N2S. The summed E-state index contributed by atoms with van der Waals surface area (Å²) in [5, 5.41) is 2.64. The molecule has 0 fully saturated rings. The van der Waals surface area contributed by atoms with Gasteiger partial charge in [-0.2, -0.15) is 0 Å². The van der Waals surface area contributed by atoms with Gasteiger partial charge in [-0.25, -0.2) is 13.2 Å². The van der Waals surface area contributed by atoms with Crippen molar-refractivity contribution in [2.75, 3.05) is 5.32 Å². The van der Waals surface area contributed by atoms with Crippen LogP contribution in [-0.2, 0) is 0 Å². The lowest BCUT2D eigenvalue weighted by molar-refractivity contribution is 0.449. The van der Waals surface area contributed by atoms with Crippen molar-refractivity contribution in [3.8, 4) is 0 Å². The number of hydrogen-bond donors (Lipinski definition) is 2. The Kier molecular flexibility index (Phi) is 3.71. The monoisotopic (exact) mass is 282 g/mol. The highest BCUT2D eigenvalue weighted by Gasteiger charge is 2.14. The van der Waals surface area contributed by atoms with E-state index in [0.29, 0.717) is 11.3 Å². The maximum Gasteiger partial charge on any atom is 0.196 e. The first kappa shape index (κ1) is 13.4. The number of halogens is 3. The Morgan fingerprint density at radius 1 is 0.947 bits per heavy atom. The van der Waals surface area contributed by atoms with Crippen molar-refractivity contribution >= 4 is 28.6 Å². The Balaban J connectivity index is 2.42. The predicted octanol–water partition coefficient (Wildman–Crippen LogP) is 3.48. The van der Waals surface area contributed by atoms with Crippen LogP contribution >= 0.6 is 12.2 Å². The molecule has 0 bridgehead atoms. The third-order valence-corrected chi connectivity index (χ3v) is 2.72. The Morgan fingerprint density at radius 3 is 2.32 bits per heavy atom. The van der Waals surface area contributed by atoms with Gasteiger partial charge in [0.1, 0.15) is 4.99 Å². The Labute approximate surface area is 113 Å². The van der Waals surface area contributed by atoms with Gasteiger partial charge in [0.2, 0.25) is 0 Å². The zero-order valence-electron chi connectivity index (χ0n) is 9.58. The summed E-state index contributed by atoms with van der Waals surface area (Å²) in [5.74, 6) is -4.07. The fraction of sp³-hybridized carbons (Fsp3) is 0. The van der Waals surface area contributed by atoms with Crippen LogP contribution in [0.25, 0.3) is 0 Å². The molecule has 98 valence electrons. The van der Waals surface area contributed by atoms with Crippen LogP contribution in [0.15, 0.2) is 36.4 Å². The first-order valence-corrected chi connectivity index (χ1v) is 5.71. The quantitative estimate of drug-likeness (QED) is 0.668. The molecule has 2 aromatic carbocycles. The summed E-state index contributed by atoms with van der Waals surface area (Å²) in [5.41, 5.74) is 6.24. The van der Waals surface area contributed by atoms with Gasteiger partial charge >= 0.3 is 0 Å². The molecule has 2 rings (SSSR count). The zero-order chi connectivity index (χ0) is 14.0. The molecule has 0 aliphatic rings. The molecule has 6 heteroatoms. The molecule has 0 heterocycles. The lowest BCUT2D eigenvalue weighted by Gasteiger charge is -2.12. The lowest BCUT2D eigenvalue weighted by Crippen LogP contribution is -2.12. The van der Waals surface area contributed by atoms with Crippen molar-refractivity contribution in [2.45, 2.75) is 0 Å². The third-order valence-electron chi connectivity index (χ3n) is 2.50. The molecular weight excluding hydrogens is 273 g/mol. The normalized spacial score (nSPS) is 10.3. The standard InChI is InChI=1S/C13H9F3N2S/c14-8-5-6-10(12(16)11(8)15)18-9-4-2-1-3-7(9)13(17)19/h1-6,18H,(H2,17,19). The van der Waals surface area contributed by atoms with E-state index >= 15 is 0 Å². The van der Waals surface area contributed by atoms with Crippen molar-refractivity contribution < 1.29 is 13.2 Å². The second kappa shape index (κ2) is 5.27. The van der Waals surface area contributed by atoms with Gasteiger partial charge in [-0.1, -0.05) is 24.4 Å². The van der Waals surface area contributed by atoms with Crippen LogP contribution in [0.1, 0.15) is 5.56 Å². The van der Waals surface area contributed by atoms with E-state index < -0.39 is 17.5 Å². The minimum atomic E-state index is -1.53. The maximum atomic E-state index is 13.5. The molecule has 0 aromatic heterocycles. The van der Waals surface area contributed by atoms with E-state index in [1.165, 1.54) is 0 Å². The lowest BCUT2D eigenvalue weighted by atomic mass is 10.1. The number of thiocarbonyl (C=S) groups is 1. The maximum absolute atomic E-state index is 13.5. The highest BCUT2D eigenvalue weighted by Crippen LogP contribution is 2.25. The summed E-state index contributed by atoms with van der Waals surface area (Å²) in [4.78, 5) is 0.117. The van der Waals surface area contributed by atoms with Crippen molar-refractivity contribution in [2.24, 2.45) is 5.73 Å². The number of anilines is 2. The number of hydrogen-bond acceptors (Lipinski definition) is 2. The first-order chi connectivity index (χ1) is 9.00. The number of nitrogens with one attached hydrogen (secondary N) is 1. The van der Waals surface area contributed by atoms with Crippen LogP contribution in [0, 0.1) is 17.5 Å². The number of nitrogens with two attached hydrogens (primary N) is 1. The fourth-order valence-corrected chi connectivity index (χ4v) is 1.75. The molecule has 0 aliphatic heterocycles. The summed E-state index contributed by atoms with van der Waals surface area (Å²) >= 11 is 4.86. The van der Waals surface area contributed by atoms with E-state index in [2.05, 4.69) is 5.32 Å². The summed E-state index contributed by atoms with van der Waals surface area (Å²) in [7, 11) is 0. The summed E-state index contributed by atoms with van der Waals surface area (Å²) in [6.07, 6.45) is 0. The van der Waals surface area contributed by atoms with Gasteiger partial charge in [0.05, 0.1) is 5.69 Å². The Bertz CT molecular complexity index is 644. The molecule has 0 aliphatic carbocycles. The second-order valence-electron chi connectivity index (χ2n) is 3.76. The summed E-state index contributed by atoms with van der Waals surface area (Å²) in [6.45, 7) is 0. The largest absolute Gasteiger partial charge is 0.389 e. The van der Waals surface area contributed by atoms with Gasteiger partial charge < -0.3 is 11.1 Å². The average Bonchev–Trinajstić information content (AvgIpc) is 2.40. The van der Waals surface area contributed by atoms with Crippen molar-refractivity contribution in [1.82, 2.24) is 0 Å². The van der Waals surface area contributed by atoms with Crippen molar-refractivity contribution in [3.05, 3.63) is 59.4 Å². The topological polar surface area (TPSA) is 38.0 Å². The molecule has 19 heavy (non-hydrogen) atoms. The Hall–Kier alpha value is -2.08. The number of rotatable bonds is 3. The summed E-state index contributed by atoms with van der Waals surface area (Å²) < 4.78 is 39.5. The van der Waals surface area contributed by atoms with E-state index in [0.717, 1.165) is 12.1 Å². The fourth-order valence-electron chi connectivity index (χ4n) is 1.57. The highest BCUT2D eigenvalue weighted by molar-refractivity contribution is 7.80. The SMILES string of the molecule is NC(=S)c1ccccc1Nc1ccc(F)c(F)c1F. The van der Waals surface area contributed by atoms with Crippen LogP contribution < -0.4 is 11.1 Å². The molecule has 0 unspecified atom stereocenters. The van der Waals surface area contributed by atoms with E-state index in [9.17, 15) is 13.2 Å². The van der Waals surface area contributed by atoms with Gasteiger partial charge in [0.15, 0.2) is 17.5 Å². The molecule has 0 atom stereocenters.